The molecule has 8 nitrogen and oxygen atoms in total. The lowest BCUT2D eigenvalue weighted by molar-refractivity contribution is 0.363. The second-order valence-corrected chi connectivity index (χ2v) is 6.79. The molecule has 26 heavy (non-hydrogen) atoms. The monoisotopic (exact) mass is 380 g/mol. The molecule has 0 radical (unpaired) electrons. The van der Waals surface area contributed by atoms with Crippen LogP contribution in [0.5, 0.6) is 23.5 Å². The fraction of sp³-hybridized carbons (Fsp3) is 0.412. The van der Waals surface area contributed by atoms with Crippen molar-refractivity contribution in [3.8, 4) is 23.5 Å². The van der Waals surface area contributed by atoms with Crippen LogP contribution in [0, 0.1) is 13.8 Å². The van der Waals surface area contributed by atoms with E-state index in [4.69, 9.17) is 27.3 Å². The van der Waals surface area contributed by atoms with Crippen molar-refractivity contribution in [1.29, 1.82) is 0 Å². The third kappa shape index (κ3) is 2.70. The SMILES string of the molecule is COc1nc(OC)c2c(op(C)oc3c(C)c(OC)nc(OC)c32)c1C. The molecular formula is C17H21N2O6P. The minimum atomic E-state index is -1.27. The fourth-order valence-corrected chi connectivity index (χ4v) is 3.87. The Morgan fingerprint density at radius 1 is 0.654 bits per heavy atom. The molecule has 3 aromatic heterocycles. The summed E-state index contributed by atoms with van der Waals surface area (Å²) in [6, 6.07) is 0. The number of hydrogen-bond acceptors (Lipinski definition) is 8. The van der Waals surface area contributed by atoms with Crippen molar-refractivity contribution in [2.24, 2.45) is 6.66 Å². The van der Waals surface area contributed by atoms with Crippen LogP contribution in [0.2, 0.25) is 0 Å². The number of aryl methyl sites for hydroxylation is 3. The second-order valence-electron chi connectivity index (χ2n) is 5.54. The molecule has 9 heteroatoms. The van der Waals surface area contributed by atoms with Crippen LogP contribution in [0.4, 0.5) is 0 Å². The van der Waals surface area contributed by atoms with E-state index in [1.165, 1.54) is 14.2 Å². The summed E-state index contributed by atoms with van der Waals surface area (Å²) in [6.45, 7) is 5.61. The number of fused-ring (bicyclic) bond motifs is 3. The predicted octanol–water partition coefficient (Wildman–Crippen LogP) is 4.27. The Kier molecular flexibility index (Phi) is 4.87. The Morgan fingerprint density at radius 3 is 1.31 bits per heavy atom. The maximum absolute atomic E-state index is 6.10. The van der Waals surface area contributed by atoms with Crippen LogP contribution in [-0.2, 0) is 6.66 Å². The maximum atomic E-state index is 6.10. The zero-order valence-electron chi connectivity index (χ0n) is 15.8. The van der Waals surface area contributed by atoms with E-state index in [9.17, 15) is 0 Å². The summed E-state index contributed by atoms with van der Waals surface area (Å²) in [5.74, 6) is 1.51. The lowest BCUT2D eigenvalue weighted by Crippen LogP contribution is -1.99. The summed E-state index contributed by atoms with van der Waals surface area (Å²) in [4.78, 5) is 8.90. The Hall–Kier alpha value is -2.60. The third-order valence-electron chi connectivity index (χ3n) is 4.07. The van der Waals surface area contributed by atoms with Gasteiger partial charge in [0.2, 0.25) is 31.5 Å². The van der Waals surface area contributed by atoms with Gasteiger partial charge in [0.1, 0.15) is 0 Å². The molecule has 0 aliphatic rings. The van der Waals surface area contributed by atoms with Gasteiger partial charge in [-0.2, -0.15) is 9.97 Å². The highest BCUT2D eigenvalue weighted by Gasteiger charge is 2.23. The average molecular weight is 380 g/mol. The van der Waals surface area contributed by atoms with Crippen molar-refractivity contribution in [1.82, 2.24) is 9.97 Å². The molecule has 0 N–H and O–H groups in total. The molecule has 0 bridgehead atoms. The molecule has 0 saturated carbocycles. The van der Waals surface area contributed by atoms with Crippen LogP contribution in [0.15, 0.2) is 8.39 Å². The Bertz CT molecular complexity index is 951. The molecular weight excluding hydrogens is 359 g/mol. The standard InChI is InChI=1S/C17H21N2O6P/c1-8-12-10(16(22-5)18-14(8)20-3)11-13(25-26(7)24-12)9(2)15(21-4)19-17(11)23-6/h1-7H3. The first-order chi connectivity index (χ1) is 12.5. The average Bonchev–Trinajstić information content (AvgIpc) is 2.80. The number of methoxy groups -OCH3 is 4. The van der Waals surface area contributed by atoms with Gasteiger partial charge in [0, 0.05) is 6.66 Å². The lowest BCUT2D eigenvalue weighted by Gasteiger charge is -2.12. The molecule has 3 rings (SSSR count). The summed E-state index contributed by atoms with van der Waals surface area (Å²) in [7, 11) is 4.90. The quantitative estimate of drug-likeness (QED) is 0.663. The molecule has 0 fully saturated rings. The van der Waals surface area contributed by atoms with Crippen molar-refractivity contribution >= 4 is 30.0 Å². The predicted molar refractivity (Wildman–Crippen MR) is 98.6 cm³/mol. The van der Waals surface area contributed by atoms with Gasteiger partial charge in [0.05, 0.1) is 50.3 Å². The van der Waals surface area contributed by atoms with E-state index in [2.05, 4.69) is 9.97 Å². The van der Waals surface area contributed by atoms with Crippen LogP contribution in [0.3, 0.4) is 0 Å². The number of ether oxygens (including phenoxy) is 4. The van der Waals surface area contributed by atoms with Gasteiger partial charge in [-0.05, 0) is 13.8 Å². The van der Waals surface area contributed by atoms with Crippen LogP contribution in [-0.4, -0.2) is 38.4 Å². The van der Waals surface area contributed by atoms with Gasteiger partial charge < -0.3 is 27.3 Å². The van der Waals surface area contributed by atoms with E-state index in [0.29, 0.717) is 45.5 Å². The molecule has 0 spiro atoms. The van der Waals surface area contributed by atoms with E-state index in [1.807, 2.05) is 20.5 Å². The van der Waals surface area contributed by atoms with Gasteiger partial charge in [-0.15, -0.1) is 0 Å². The molecule has 0 unspecified atom stereocenters. The van der Waals surface area contributed by atoms with Crippen LogP contribution in [0.1, 0.15) is 11.1 Å². The van der Waals surface area contributed by atoms with Crippen molar-refractivity contribution in [2.75, 3.05) is 28.4 Å². The largest absolute Gasteiger partial charge is 0.481 e. The van der Waals surface area contributed by atoms with E-state index < -0.39 is 8.01 Å². The maximum Gasteiger partial charge on any atom is 0.228 e. The topological polar surface area (TPSA) is 89.0 Å². The summed E-state index contributed by atoms with van der Waals surface area (Å²) < 4.78 is 34.0. The molecule has 0 aromatic carbocycles. The highest BCUT2D eigenvalue weighted by molar-refractivity contribution is 7.35. The first-order valence-electron chi connectivity index (χ1n) is 7.81. The Labute approximate surface area is 151 Å². The summed E-state index contributed by atoms with van der Waals surface area (Å²) in [5, 5.41) is 1.23. The lowest BCUT2D eigenvalue weighted by atomic mass is 10.1. The molecule has 0 aliphatic carbocycles. The normalized spacial score (nSPS) is 10.9. The first-order valence-corrected chi connectivity index (χ1v) is 9.44. The van der Waals surface area contributed by atoms with Crippen LogP contribution >= 0.6 is 8.01 Å². The highest BCUT2D eigenvalue weighted by atomic mass is 31.1. The first kappa shape index (κ1) is 18.2. The minimum Gasteiger partial charge on any atom is -0.481 e. The molecule has 0 atom stereocenters. The molecule has 0 aliphatic heterocycles. The van der Waals surface area contributed by atoms with E-state index in [-0.39, 0.29) is 0 Å². The Morgan fingerprint density at radius 2 is 1.00 bits per heavy atom. The summed E-state index contributed by atoms with van der Waals surface area (Å²) >= 11 is 0. The van der Waals surface area contributed by atoms with E-state index in [1.54, 1.807) is 14.2 Å². The van der Waals surface area contributed by atoms with Crippen molar-refractivity contribution < 1.29 is 27.3 Å². The number of rotatable bonds is 4. The molecule has 3 heterocycles. The van der Waals surface area contributed by atoms with E-state index in [0.717, 1.165) is 11.1 Å². The Balaban J connectivity index is 2.72. The molecule has 0 amide bonds. The molecule has 0 saturated heterocycles. The highest BCUT2D eigenvalue weighted by Crippen LogP contribution is 2.45. The summed E-state index contributed by atoms with van der Waals surface area (Å²) in [5.41, 5.74) is 2.63. The second kappa shape index (κ2) is 6.96. The van der Waals surface area contributed by atoms with E-state index >= 15 is 0 Å². The number of pyridine rings is 2. The molecule has 140 valence electrons. The van der Waals surface area contributed by atoms with Gasteiger partial charge in [0.25, 0.3) is 0 Å². The number of hydrogen-bond donors (Lipinski definition) is 0. The van der Waals surface area contributed by atoms with Crippen molar-refractivity contribution in [3.63, 3.8) is 0 Å². The van der Waals surface area contributed by atoms with Crippen molar-refractivity contribution in [3.05, 3.63) is 11.1 Å². The van der Waals surface area contributed by atoms with Crippen molar-refractivity contribution in [2.45, 2.75) is 13.8 Å². The van der Waals surface area contributed by atoms with Gasteiger partial charge in [0.15, 0.2) is 11.2 Å². The zero-order chi connectivity index (χ0) is 19.0. The van der Waals surface area contributed by atoms with Gasteiger partial charge >= 0.3 is 0 Å². The third-order valence-corrected chi connectivity index (χ3v) is 4.95. The van der Waals surface area contributed by atoms with Gasteiger partial charge in [-0.3, -0.25) is 0 Å². The van der Waals surface area contributed by atoms with Crippen LogP contribution in [0.25, 0.3) is 21.9 Å². The zero-order valence-corrected chi connectivity index (χ0v) is 16.7. The van der Waals surface area contributed by atoms with Gasteiger partial charge in [-0.1, -0.05) is 0 Å². The van der Waals surface area contributed by atoms with Crippen LogP contribution < -0.4 is 18.9 Å². The number of nitrogens with zero attached hydrogens (tertiary/aromatic N) is 2. The molecule has 3 aromatic rings. The van der Waals surface area contributed by atoms with Gasteiger partial charge in [-0.25, -0.2) is 0 Å². The minimum absolute atomic E-state index is 0.335. The fourth-order valence-electron chi connectivity index (χ4n) is 2.87. The smallest absolute Gasteiger partial charge is 0.228 e. The summed E-state index contributed by atoms with van der Waals surface area (Å²) in [6.07, 6.45) is 0. The number of aromatic nitrogens is 2.